The lowest BCUT2D eigenvalue weighted by atomic mass is 10.2. The predicted octanol–water partition coefficient (Wildman–Crippen LogP) is 3.04. The van der Waals surface area contributed by atoms with Crippen LogP contribution in [0.25, 0.3) is 5.82 Å². The second kappa shape index (κ2) is 6.95. The van der Waals surface area contributed by atoms with Gasteiger partial charge in [0.1, 0.15) is 6.61 Å². The van der Waals surface area contributed by atoms with Gasteiger partial charge >= 0.3 is 0 Å². The van der Waals surface area contributed by atoms with E-state index in [1.165, 1.54) is 17.1 Å². The molecule has 0 aliphatic carbocycles. The van der Waals surface area contributed by atoms with Crippen molar-refractivity contribution < 1.29 is 9.84 Å². The van der Waals surface area contributed by atoms with Crippen LogP contribution >= 0.6 is 23.2 Å². The van der Waals surface area contributed by atoms with Crippen molar-refractivity contribution in [3.8, 4) is 11.7 Å². The van der Waals surface area contributed by atoms with Gasteiger partial charge in [0.25, 0.3) is 0 Å². The van der Waals surface area contributed by atoms with E-state index in [-0.39, 0.29) is 13.2 Å². The van der Waals surface area contributed by atoms with Crippen molar-refractivity contribution in [2.24, 2.45) is 0 Å². The van der Waals surface area contributed by atoms with Crippen molar-refractivity contribution in [2.45, 2.75) is 13.2 Å². The second-order valence-corrected chi connectivity index (χ2v) is 5.43. The average Bonchev–Trinajstić information content (AvgIpc) is 3.04. The monoisotopic (exact) mass is 350 g/mol. The fourth-order valence-electron chi connectivity index (χ4n) is 1.89. The molecule has 0 amide bonds. The summed E-state index contributed by atoms with van der Waals surface area (Å²) in [7, 11) is 0. The van der Waals surface area contributed by atoms with E-state index in [0.29, 0.717) is 33.0 Å². The number of benzene rings is 1. The van der Waals surface area contributed by atoms with Gasteiger partial charge in [-0.15, -0.1) is 0 Å². The van der Waals surface area contributed by atoms with Gasteiger partial charge in [-0.1, -0.05) is 29.3 Å². The van der Waals surface area contributed by atoms with E-state index in [4.69, 9.17) is 33.0 Å². The zero-order chi connectivity index (χ0) is 16.2. The number of ether oxygens (including phenoxy) is 1. The molecule has 0 atom stereocenters. The van der Waals surface area contributed by atoms with Crippen molar-refractivity contribution in [2.75, 3.05) is 0 Å². The molecule has 0 unspecified atom stereocenters. The lowest BCUT2D eigenvalue weighted by molar-refractivity contribution is 0.276. The Kier molecular flexibility index (Phi) is 4.76. The van der Waals surface area contributed by atoms with Crippen LogP contribution in [0, 0.1) is 0 Å². The number of aromatic nitrogens is 4. The number of nitrogens with zero attached hydrogens (tertiary/aromatic N) is 4. The maximum Gasteiger partial charge on any atom is 0.232 e. The molecule has 3 aromatic rings. The lowest BCUT2D eigenvalue weighted by Crippen LogP contribution is -2.03. The Labute approximate surface area is 142 Å². The van der Waals surface area contributed by atoms with E-state index in [1.54, 1.807) is 30.5 Å². The number of rotatable bonds is 5. The summed E-state index contributed by atoms with van der Waals surface area (Å²) in [5.41, 5.74) is 1.25. The Morgan fingerprint density at radius 2 is 1.87 bits per heavy atom. The van der Waals surface area contributed by atoms with Crippen LogP contribution in [0.4, 0.5) is 0 Å². The van der Waals surface area contributed by atoms with Crippen LogP contribution in [0.1, 0.15) is 11.3 Å². The fourth-order valence-corrected chi connectivity index (χ4v) is 2.40. The van der Waals surface area contributed by atoms with E-state index in [1.807, 2.05) is 0 Å². The number of aliphatic hydroxyl groups is 1. The molecule has 6 nitrogen and oxygen atoms in total. The summed E-state index contributed by atoms with van der Waals surface area (Å²) >= 11 is 12.2. The fraction of sp³-hybridized carbons (Fsp3) is 0.133. The van der Waals surface area contributed by atoms with E-state index < -0.39 is 0 Å². The van der Waals surface area contributed by atoms with E-state index in [9.17, 15) is 0 Å². The maximum absolute atomic E-state index is 9.01. The molecule has 0 aliphatic rings. The second-order valence-electron chi connectivity index (χ2n) is 4.61. The number of hydrogen-bond donors (Lipinski definition) is 1. The van der Waals surface area contributed by atoms with Gasteiger partial charge in [-0.3, -0.25) is 0 Å². The molecule has 3 rings (SSSR count). The van der Waals surface area contributed by atoms with Crippen LogP contribution in [-0.4, -0.2) is 24.9 Å². The molecule has 0 spiro atoms. The molecule has 0 saturated heterocycles. The molecule has 118 valence electrons. The molecule has 0 aliphatic heterocycles. The van der Waals surface area contributed by atoms with Gasteiger partial charge < -0.3 is 9.84 Å². The predicted molar refractivity (Wildman–Crippen MR) is 85.9 cm³/mol. The van der Waals surface area contributed by atoms with Gasteiger partial charge in [-0.2, -0.15) is 5.10 Å². The van der Waals surface area contributed by atoms with E-state index in [0.717, 1.165) is 0 Å². The molecule has 23 heavy (non-hydrogen) atoms. The highest BCUT2D eigenvalue weighted by Gasteiger charge is 2.08. The molecule has 1 aromatic carbocycles. The largest absolute Gasteiger partial charge is 0.472 e. The Morgan fingerprint density at radius 3 is 2.48 bits per heavy atom. The van der Waals surface area contributed by atoms with Gasteiger partial charge in [-0.25, -0.2) is 14.6 Å². The third-order valence-electron chi connectivity index (χ3n) is 3.08. The van der Waals surface area contributed by atoms with Gasteiger partial charge in [0.15, 0.2) is 5.82 Å². The molecule has 0 fully saturated rings. The highest BCUT2D eigenvalue weighted by Crippen LogP contribution is 2.25. The first-order valence-corrected chi connectivity index (χ1v) is 7.46. The number of aliphatic hydroxyl groups excluding tert-OH is 1. The summed E-state index contributed by atoms with van der Waals surface area (Å²) < 4.78 is 7.08. The highest BCUT2D eigenvalue weighted by atomic mass is 35.5. The maximum atomic E-state index is 9.01. The summed E-state index contributed by atoms with van der Waals surface area (Å²) in [4.78, 5) is 8.39. The first-order chi connectivity index (χ1) is 11.2. The standard InChI is InChI=1S/C15H12Cl2N4O2/c16-12-2-1-3-13(17)11(12)9-23-15-7-18-14(6-19-15)21-5-4-10(8-22)20-21/h1-7,22H,8-9H2. The Morgan fingerprint density at radius 1 is 1.09 bits per heavy atom. The first-order valence-electron chi connectivity index (χ1n) is 6.71. The Hall–Kier alpha value is -2.15. The minimum Gasteiger partial charge on any atom is -0.472 e. The SMILES string of the molecule is OCc1ccn(-c2cnc(OCc3c(Cl)cccc3Cl)cn2)n1. The van der Waals surface area contributed by atoms with E-state index >= 15 is 0 Å². The third-order valence-corrected chi connectivity index (χ3v) is 3.79. The molecular weight excluding hydrogens is 339 g/mol. The van der Waals surface area contributed by atoms with Crippen molar-refractivity contribution in [1.29, 1.82) is 0 Å². The normalized spacial score (nSPS) is 10.7. The van der Waals surface area contributed by atoms with Crippen LogP contribution in [0.2, 0.25) is 10.0 Å². The summed E-state index contributed by atoms with van der Waals surface area (Å²) in [5.74, 6) is 0.868. The average molecular weight is 351 g/mol. The molecular formula is C15H12Cl2N4O2. The quantitative estimate of drug-likeness (QED) is 0.765. The van der Waals surface area contributed by atoms with Crippen molar-refractivity contribution >= 4 is 23.2 Å². The van der Waals surface area contributed by atoms with Gasteiger partial charge in [0.2, 0.25) is 5.88 Å². The van der Waals surface area contributed by atoms with Crippen LogP contribution in [0.15, 0.2) is 42.9 Å². The van der Waals surface area contributed by atoms with Crippen LogP contribution in [-0.2, 0) is 13.2 Å². The highest BCUT2D eigenvalue weighted by molar-refractivity contribution is 6.35. The van der Waals surface area contributed by atoms with Gasteiger partial charge in [0.05, 0.1) is 24.7 Å². The molecule has 0 saturated carbocycles. The molecule has 0 bridgehead atoms. The van der Waals surface area contributed by atoms with Gasteiger partial charge in [0, 0.05) is 21.8 Å². The summed E-state index contributed by atoms with van der Waals surface area (Å²) in [6, 6.07) is 6.97. The number of hydrogen-bond acceptors (Lipinski definition) is 5. The Bertz CT molecular complexity index is 785. The summed E-state index contributed by atoms with van der Waals surface area (Å²) in [6.07, 6.45) is 4.71. The van der Waals surface area contributed by atoms with Crippen molar-refractivity contribution in [1.82, 2.24) is 19.7 Å². The molecule has 2 heterocycles. The molecule has 1 N–H and O–H groups in total. The summed E-state index contributed by atoms with van der Waals surface area (Å²) in [6.45, 7) is 0.0726. The van der Waals surface area contributed by atoms with E-state index in [2.05, 4.69) is 15.1 Å². The smallest absolute Gasteiger partial charge is 0.232 e. The topological polar surface area (TPSA) is 73.1 Å². The van der Waals surface area contributed by atoms with Crippen LogP contribution < -0.4 is 4.74 Å². The van der Waals surface area contributed by atoms with Crippen LogP contribution in [0.3, 0.4) is 0 Å². The molecule has 2 aromatic heterocycles. The third kappa shape index (κ3) is 3.61. The zero-order valence-electron chi connectivity index (χ0n) is 11.9. The van der Waals surface area contributed by atoms with Crippen molar-refractivity contribution in [3.05, 3.63) is 64.2 Å². The van der Waals surface area contributed by atoms with Crippen LogP contribution in [0.5, 0.6) is 5.88 Å². The minimum atomic E-state index is -0.125. The molecule has 0 radical (unpaired) electrons. The lowest BCUT2D eigenvalue weighted by Gasteiger charge is -2.08. The van der Waals surface area contributed by atoms with Crippen molar-refractivity contribution in [3.63, 3.8) is 0 Å². The van der Waals surface area contributed by atoms with Gasteiger partial charge in [-0.05, 0) is 18.2 Å². The first kappa shape index (κ1) is 15.7. The zero-order valence-corrected chi connectivity index (χ0v) is 13.4. The Balaban J connectivity index is 1.70. The molecule has 8 heteroatoms. The number of halogens is 2. The summed E-state index contributed by atoms with van der Waals surface area (Å²) in [5, 5.41) is 14.2. The minimum absolute atomic E-state index is 0.125.